The van der Waals surface area contributed by atoms with Crippen molar-refractivity contribution < 1.29 is 19.1 Å². The Balaban J connectivity index is 1.49. The second-order valence-electron chi connectivity index (χ2n) is 8.57. The van der Waals surface area contributed by atoms with Crippen LogP contribution in [0.3, 0.4) is 0 Å². The van der Waals surface area contributed by atoms with Gasteiger partial charge in [0.15, 0.2) is 6.61 Å². The number of amides is 2. The van der Waals surface area contributed by atoms with Gasteiger partial charge in [-0.2, -0.15) is 0 Å². The first kappa shape index (κ1) is 21.7. The van der Waals surface area contributed by atoms with Crippen molar-refractivity contribution in [2.24, 2.45) is 0 Å². The Labute approximate surface area is 178 Å². The number of rotatable bonds is 6. The Morgan fingerprint density at radius 2 is 1.83 bits per heavy atom. The zero-order chi connectivity index (χ0) is 21.6. The standard InChI is InChI=1S/C24H30N2O4/c1-24(2,3)30-23(28)26-20-11-9-18-10-12-21(14-19(18)13-20)29-16-22(27)25-15-17-7-5-4-6-8-17/h4-8,10,12,14,20H,9,11,13,15-16H2,1-3H3,(H,25,27)(H,26,28)/t20-/m0/s1. The molecule has 0 aliphatic heterocycles. The van der Waals surface area contributed by atoms with E-state index in [1.165, 1.54) is 5.56 Å². The number of fused-ring (bicyclic) bond motifs is 1. The third-order valence-electron chi connectivity index (χ3n) is 4.83. The molecule has 0 bridgehead atoms. The molecule has 2 amide bonds. The average Bonchev–Trinajstić information content (AvgIpc) is 2.69. The van der Waals surface area contributed by atoms with Crippen LogP contribution in [0.2, 0.25) is 0 Å². The number of nitrogens with one attached hydrogen (secondary N) is 2. The van der Waals surface area contributed by atoms with E-state index in [1.807, 2.05) is 69.3 Å². The molecule has 0 unspecified atom stereocenters. The molecule has 0 heterocycles. The van der Waals surface area contributed by atoms with Crippen LogP contribution in [-0.2, 0) is 28.9 Å². The van der Waals surface area contributed by atoms with E-state index in [0.717, 1.165) is 24.0 Å². The highest BCUT2D eigenvalue weighted by Crippen LogP contribution is 2.26. The predicted octanol–water partition coefficient (Wildman–Crippen LogP) is 3.76. The van der Waals surface area contributed by atoms with Crippen molar-refractivity contribution in [2.45, 2.75) is 58.2 Å². The van der Waals surface area contributed by atoms with Gasteiger partial charge < -0.3 is 20.1 Å². The fourth-order valence-electron chi connectivity index (χ4n) is 3.42. The first-order valence-electron chi connectivity index (χ1n) is 10.3. The molecular weight excluding hydrogens is 380 g/mol. The van der Waals surface area contributed by atoms with Crippen molar-refractivity contribution >= 4 is 12.0 Å². The van der Waals surface area contributed by atoms with Gasteiger partial charge in [0.2, 0.25) is 0 Å². The van der Waals surface area contributed by atoms with Gasteiger partial charge in [0.1, 0.15) is 11.4 Å². The van der Waals surface area contributed by atoms with Crippen LogP contribution in [0.15, 0.2) is 48.5 Å². The molecule has 1 aliphatic carbocycles. The molecule has 0 saturated carbocycles. The molecule has 3 rings (SSSR count). The summed E-state index contributed by atoms with van der Waals surface area (Å²) < 4.78 is 11.0. The normalized spacial score (nSPS) is 15.6. The Morgan fingerprint density at radius 3 is 2.57 bits per heavy atom. The van der Waals surface area contributed by atoms with E-state index in [9.17, 15) is 9.59 Å². The van der Waals surface area contributed by atoms with Gasteiger partial charge in [-0.15, -0.1) is 0 Å². The first-order chi connectivity index (χ1) is 14.3. The molecule has 0 saturated heterocycles. The Hall–Kier alpha value is -3.02. The highest BCUT2D eigenvalue weighted by Gasteiger charge is 2.23. The maximum absolute atomic E-state index is 12.1. The number of carbonyl (C=O) groups is 2. The number of aryl methyl sites for hydroxylation is 1. The lowest BCUT2D eigenvalue weighted by molar-refractivity contribution is -0.123. The fraction of sp³-hybridized carbons (Fsp3) is 0.417. The van der Waals surface area contributed by atoms with Gasteiger partial charge in [0.25, 0.3) is 5.91 Å². The van der Waals surface area contributed by atoms with Crippen LogP contribution in [0.4, 0.5) is 4.79 Å². The fourth-order valence-corrected chi connectivity index (χ4v) is 3.42. The summed E-state index contributed by atoms with van der Waals surface area (Å²) in [6.07, 6.45) is 2.08. The van der Waals surface area contributed by atoms with Crippen LogP contribution >= 0.6 is 0 Å². The monoisotopic (exact) mass is 410 g/mol. The van der Waals surface area contributed by atoms with E-state index in [2.05, 4.69) is 10.6 Å². The minimum atomic E-state index is -0.515. The lowest BCUT2D eigenvalue weighted by Crippen LogP contribution is -2.41. The molecule has 30 heavy (non-hydrogen) atoms. The van der Waals surface area contributed by atoms with E-state index < -0.39 is 11.7 Å². The molecule has 2 aromatic carbocycles. The molecule has 6 nitrogen and oxygen atoms in total. The predicted molar refractivity (Wildman–Crippen MR) is 115 cm³/mol. The molecule has 6 heteroatoms. The van der Waals surface area contributed by atoms with Crippen LogP contribution in [0.1, 0.15) is 43.9 Å². The van der Waals surface area contributed by atoms with Crippen molar-refractivity contribution in [2.75, 3.05) is 6.61 Å². The van der Waals surface area contributed by atoms with Gasteiger partial charge in [-0.3, -0.25) is 4.79 Å². The zero-order valence-corrected chi connectivity index (χ0v) is 17.9. The smallest absolute Gasteiger partial charge is 0.407 e. The van der Waals surface area contributed by atoms with Crippen LogP contribution < -0.4 is 15.4 Å². The number of hydrogen-bond donors (Lipinski definition) is 2. The molecule has 0 fully saturated rings. The molecule has 2 aromatic rings. The molecular formula is C24H30N2O4. The SMILES string of the molecule is CC(C)(C)OC(=O)N[C@H]1CCc2ccc(OCC(=O)NCc3ccccc3)cc2C1. The van der Waals surface area contributed by atoms with Crippen LogP contribution in [0, 0.1) is 0 Å². The van der Waals surface area contributed by atoms with Crippen molar-refractivity contribution in [3.05, 3.63) is 65.2 Å². The summed E-state index contributed by atoms with van der Waals surface area (Å²) in [5.74, 6) is 0.488. The van der Waals surface area contributed by atoms with Gasteiger partial charge in [-0.1, -0.05) is 36.4 Å². The molecule has 0 aromatic heterocycles. The minimum Gasteiger partial charge on any atom is -0.484 e. The van der Waals surface area contributed by atoms with Crippen molar-refractivity contribution in [3.63, 3.8) is 0 Å². The zero-order valence-electron chi connectivity index (χ0n) is 17.9. The lowest BCUT2D eigenvalue weighted by atomic mass is 9.88. The van der Waals surface area contributed by atoms with E-state index in [4.69, 9.17) is 9.47 Å². The highest BCUT2D eigenvalue weighted by molar-refractivity contribution is 5.77. The Kier molecular flexibility index (Phi) is 6.98. The number of benzene rings is 2. The van der Waals surface area contributed by atoms with Crippen LogP contribution in [0.25, 0.3) is 0 Å². The third-order valence-corrected chi connectivity index (χ3v) is 4.83. The maximum atomic E-state index is 12.1. The highest BCUT2D eigenvalue weighted by atomic mass is 16.6. The Bertz CT molecular complexity index is 875. The quantitative estimate of drug-likeness (QED) is 0.760. The second-order valence-corrected chi connectivity index (χ2v) is 8.57. The molecule has 0 radical (unpaired) electrons. The van der Waals surface area contributed by atoms with E-state index >= 15 is 0 Å². The van der Waals surface area contributed by atoms with Gasteiger partial charge >= 0.3 is 6.09 Å². The molecule has 160 valence electrons. The summed E-state index contributed by atoms with van der Waals surface area (Å²) in [6.45, 7) is 5.99. The van der Waals surface area contributed by atoms with Crippen molar-refractivity contribution in [1.29, 1.82) is 0 Å². The van der Waals surface area contributed by atoms with E-state index in [1.54, 1.807) is 0 Å². The molecule has 1 atom stereocenters. The van der Waals surface area contributed by atoms with Gasteiger partial charge in [-0.25, -0.2) is 4.79 Å². The van der Waals surface area contributed by atoms with Crippen molar-refractivity contribution in [1.82, 2.24) is 10.6 Å². The third kappa shape index (κ3) is 6.79. The maximum Gasteiger partial charge on any atom is 0.407 e. The summed E-state index contributed by atoms with van der Waals surface area (Å²) in [5.41, 5.74) is 2.91. The summed E-state index contributed by atoms with van der Waals surface area (Å²) in [6, 6.07) is 15.7. The summed E-state index contributed by atoms with van der Waals surface area (Å²) >= 11 is 0. The Morgan fingerprint density at radius 1 is 1.07 bits per heavy atom. The van der Waals surface area contributed by atoms with Gasteiger partial charge in [0, 0.05) is 12.6 Å². The minimum absolute atomic E-state index is 0.0248. The first-order valence-corrected chi connectivity index (χ1v) is 10.3. The molecule has 0 spiro atoms. The number of carbonyl (C=O) groups excluding carboxylic acids is 2. The molecule has 2 N–H and O–H groups in total. The lowest BCUT2D eigenvalue weighted by Gasteiger charge is -2.27. The summed E-state index contributed by atoms with van der Waals surface area (Å²) in [5, 5.41) is 5.81. The van der Waals surface area contributed by atoms with Crippen LogP contribution in [-0.4, -0.2) is 30.3 Å². The van der Waals surface area contributed by atoms with Gasteiger partial charge in [0.05, 0.1) is 0 Å². The largest absolute Gasteiger partial charge is 0.484 e. The van der Waals surface area contributed by atoms with Crippen molar-refractivity contribution in [3.8, 4) is 5.75 Å². The van der Waals surface area contributed by atoms with Crippen LogP contribution in [0.5, 0.6) is 5.75 Å². The number of alkyl carbamates (subject to hydrolysis) is 1. The second kappa shape index (κ2) is 9.65. The average molecular weight is 411 g/mol. The number of ether oxygens (including phenoxy) is 2. The summed E-state index contributed by atoms with van der Waals surface area (Å²) in [4.78, 5) is 24.1. The molecule has 1 aliphatic rings. The van der Waals surface area contributed by atoms with Gasteiger partial charge in [-0.05, 0) is 68.9 Å². The van der Waals surface area contributed by atoms with E-state index in [0.29, 0.717) is 18.7 Å². The topological polar surface area (TPSA) is 76.7 Å². The number of hydrogen-bond acceptors (Lipinski definition) is 4. The van der Waals surface area contributed by atoms with E-state index in [-0.39, 0.29) is 18.6 Å². The summed E-state index contributed by atoms with van der Waals surface area (Å²) in [7, 11) is 0.